The molecule has 0 unspecified atom stereocenters. The van der Waals surface area contributed by atoms with Crippen molar-refractivity contribution >= 4 is 33.2 Å². The number of carbonyl (C=O) groups excluding carboxylic acids is 1. The predicted molar refractivity (Wildman–Crippen MR) is 114 cm³/mol. The fourth-order valence-corrected chi connectivity index (χ4v) is 5.19. The van der Waals surface area contributed by atoms with E-state index in [0.29, 0.717) is 29.5 Å². The van der Waals surface area contributed by atoms with Gasteiger partial charge in [0.1, 0.15) is 5.75 Å². The van der Waals surface area contributed by atoms with Gasteiger partial charge in [-0.05, 0) is 55.7 Å². The number of carbonyl (C=O) groups is 1. The molecule has 0 atom stereocenters. The number of sulfonamides is 1. The van der Waals surface area contributed by atoms with E-state index in [0.717, 1.165) is 31.2 Å². The van der Waals surface area contributed by atoms with E-state index < -0.39 is 15.9 Å². The van der Waals surface area contributed by atoms with Crippen molar-refractivity contribution in [3.63, 3.8) is 0 Å². The number of hydrogen-bond donors (Lipinski definition) is 1. The molecule has 0 saturated carbocycles. The van der Waals surface area contributed by atoms with Crippen LogP contribution in [0.25, 0.3) is 0 Å². The Balaban J connectivity index is 1.93. The lowest BCUT2D eigenvalue weighted by Crippen LogP contribution is -2.32. The summed E-state index contributed by atoms with van der Waals surface area (Å²) in [6.07, 6.45) is 3.74. The number of amides is 1. The van der Waals surface area contributed by atoms with Crippen molar-refractivity contribution < 1.29 is 17.9 Å². The maximum absolute atomic E-state index is 13.1. The Morgan fingerprint density at radius 1 is 1.07 bits per heavy atom. The summed E-state index contributed by atoms with van der Waals surface area (Å²) in [6.45, 7) is 2.89. The third-order valence-electron chi connectivity index (χ3n) is 4.99. The molecule has 0 spiro atoms. The smallest absolute Gasteiger partial charge is 0.259 e. The summed E-state index contributed by atoms with van der Waals surface area (Å²) >= 11 is 6.21. The van der Waals surface area contributed by atoms with Crippen LogP contribution in [-0.4, -0.2) is 38.8 Å². The van der Waals surface area contributed by atoms with Gasteiger partial charge in [-0.3, -0.25) is 4.79 Å². The summed E-state index contributed by atoms with van der Waals surface area (Å²) in [5.74, 6) is -0.193. The van der Waals surface area contributed by atoms with Crippen LogP contribution in [0.3, 0.4) is 0 Å². The summed E-state index contributed by atoms with van der Waals surface area (Å²) in [5.41, 5.74) is 1.56. The number of rotatable bonds is 5. The van der Waals surface area contributed by atoms with Crippen molar-refractivity contribution in [2.45, 2.75) is 37.5 Å². The maximum atomic E-state index is 13.1. The summed E-state index contributed by atoms with van der Waals surface area (Å²) < 4.78 is 33.0. The van der Waals surface area contributed by atoms with E-state index in [1.54, 1.807) is 12.1 Å². The van der Waals surface area contributed by atoms with Crippen LogP contribution in [0.4, 0.5) is 5.69 Å². The number of halogens is 1. The molecule has 2 aromatic carbocycles. The van der Waals surface area contributed by atoms with Gasteiger partial charge in [0.05, 0.1) is 28.3 Å². The molecule has 3 rings (SSSR count). The standard InChI is InChI=1S/C21H25ClN2O4S/c1-15-7-9-19(18(22)13-15)23-21(25)17-14-16(8-10-20(17)28-2)29(26,27)24-11-5-3-4-6-12-24/h7-10,13-14H,3-6,11-12H2,1-2H3,(H,23,25). The second-order valence-corrected chi connectivity index (χ2v) is 9.46. The molecule has 1 saturated heterocycles. The van der Waals surface area contributed by atoms with Crippen molar-refractivity contribution in [2.75, 3.05) is 25.5 Å². The Kier molecular flexibility index (Phi) is 6.82. The third-order valence-corrected chi connectivity index (χ3v) is 7.20. The largest absolute Gasteiger partial charge is 0.496 e. The number of anilines is 1. The fourth-order valence-electron chi connectivity index (χ4n) is 3.37. The molecular formula is C21H25ClN2O4S. The second kappa shape index (κ2) is 9.15. The fraction of sp³-hybridized carbons (Fsp3) is 0.381. The van der Waals surface area contributed by atoms with Crippen LogP contribution in [-0.2, 0) is 10.0 Å². The van der Waals surface area contributed by atoms with Gasteiger partial charge < -0.3 is 10.1 Å². The zero-order valence-electron chi connectivity index (χ0n) is 16.6. The van der Waals surface area contributed by atoms with Crippen LogP contribution in [0.5, 0.6) is 5.75 Å². The minimum atomic E-state index is -3.68. The summed E-state index contributed by atoms with van der Waals surface area (Å²) in [7, 11) is -2.24. The summed E-state index contributed by atoms with van der Waals surface area (Å²) in [5, 5.41) is 3.15. The number of benzene rings is 2. The normalized spacial score (nSPS) is 15.6. The first kappa shape index (κ1) is 21.6. The number of ether oxygens (including phenoxy) is 1. The number of nitrogens with zero attached hydrogens (tertiary/aromatic N) is 1. The molecule has 1 N–H and O–H groups in total. The number of hydrogen-bond acceptors (Lipinski definition) is 4. The minimum Gasteiger partial charge on any atom is -0.496 e. The van der Waals surface area contributed by atoms with Gasteiger partial charge in [-0.2, -0.15) is 4.31 Å². The average Bonchev–Trinajstić information content (AvgIpc) is 2.99. The highest BCUT2D eigenvalue weighted by molar-refractivity contribution is 7.89. The molecule has 1 heterocycles. The van der Waals surface area contributed by atoms with Crippen LogP contribution in [0.15, 0.2) is 41.3 Å². The van der Waals surface area contributed by atoms with Gasteiger partial charge in [-0.15, -0.1) is 0 Å². The van der Waals surface area contributed by atoms with Crippen LogP contribution in [0.1, 0.15) is 41.6 Å². The molecular weight excluding hydrogens is 412 g/mol. The summed E-state index contributed by atoms with van der Waals surface area (Å²) in [4.78, 5) is 13.0. The molecule has 0 aromatic heterocycles. The van der Waals surface area contributed by atoms with Crippen molar-refractivity contribution in [3.8, 4) is 5.75 Å². The molecule has 0 bridgehead atoms. The van der Waals surface area contributed by atoms with Gasteiger partial charge >= 0.3 is 0 Å². The van der Waals surface area contributed by atoms with Gasteiger partial charge in [0, 0.05) is 13.1 Å². The van der Waals surface area contributed by atoms with Gasteiger partial charge in [-0.1, -0.05) is 30.5 Å². The van der Waals surface area contributed by atoms with E-state index in [2.05, 4.69) is 5.32 Å². The van der Waals surface area contributed by atoms with E-state index in [4.69, 9.17) is 16.3 Å². The summed E-state index contributed by atoms with van der Waals surface area (Å²) in [6, 6.07) is 9.65. The Morgan fingerprint density at radius 3 is 2.38 bits per heavy atom. The maximum Gasteiger partial charge on any atom is 0.259 e. The van der Waals surface area contributed by atoms with Crippen molar-refractivity contribution in [1.29, 1.82) is 0 Å². The van der Waals surface area contributed by atoms with Crippen LogP contribution in [0.2, 0.25) is 5.02 Å². The van der Waals surface area contributed by atoms with Gasteiger partial charge in [0.2, 0.25) is 10.0 Å². The van der Waals surface area contributed by atoms with Crippen LogP contribution < -0.4 is 10.1 Å². The monoisotopic (exact) mass is 436 g/mol. The van der Waals surface area contributed by atoms with Gasteiger partial charge in [0.15, 0.2) is 0 Å². The highest BCUT2D eigenvalue weighted by Crippen LogP contribution is 2.28. The van der Waals surface area contributed by atoms with E-state index in [1.165, 1.54) is 29.6 Å². The van der Waals surface area contributed by atoms with Crippen molar-refractivity contribution in [3.05, 3.63) is 52.5 Å². The third kappa shape index (κ3) is 4.91. The number of nitrogens with one attached hydrogen (secondary N) is 1. The minimum absolute atomic E-state index is 0.0837. The molecule has 29 heavy (non-hydrogen) atoms. The highest BCUT2D eigenvalue weighted by atomic mass is 35.5. The van der Waals surface area contributed by atoms with E-state index >= 15 is 0 Å². The SMILES string of the molecule is COc1ccc(S(=O)(=O)N2CCCCCC2)cc1C(=O)Nc1ccc(C)cc1Cl. The topological polar surface area (TPSA) is 75.7 Å². The second-order valence-electron chi connectivity index (χ2n) is 7.12. The lowest BCUT2D eigenvalue weighted by Gasteiger charge is -2.20. The first-order valence-electron chi connectivity index (χ1n) is 9.58. The van der Waals surface area contributed by atoms with Crippen molar-refractivity contribution in [2.24, 2.45) is 0 Å². The average molecular weight is 437 g/mol. The Labute approximate surface area is 176 Å². The lowest BCUT2D eigenvalue weighted by molar-refractivity contribution is 0.102. The van der Waals surface area contributed by atoms with E-state index in [9.17, 15) is 13.2 Å². The van der Waals surface area contributed by atoms with Crippen LogP contribution in [0, 0.1) is 6.92 Å². The van der Waals surface area contributed by atoms with Gasteiger partial charge in [-0.25, -0.2) is 8.42 Å². The predicted octanol–water partition coefficient (Wildman–Crippen LogP) is 4.47. The van der Waals surface area contributed by atoms with Gasteiger partial charge in [0.25, 0.3) is 5.91 Å². The number of aryl methyl sites for hydroxylation is 1. The van der Waals surface area contributed by atoms with E-state index in [-0.39, 0.29) is 10.5 Å². The quantitative estimate of drug-likeness (QED) is 0.750. The first-order chi connectivity index (χ1) is 13.8. The zero-order chi connectivity index (χ0) is 21.0. The molecule has 2 aromatic rings. The molecule has 1 fully saturated rings. The molecule has 156 valence electrons. The number of methoxy groups -OCH3 is 1. The molecule has 0 radical (unpaired) electrons. The van der Waals surface area contributed by atoms with E-state index in [1.807, 2.05) is 13.0 Å². The highest BCUT2D eigenvalue weighted by Gasteiger charge is 2.27. The molecule has 8 heteroatoms. The Morgan fingerprint density at radius 2 is 1.76 bits per heavy atom. The Bertz CT molecular complexity index is 1000. The first-order valence-corrected chi connectivity index (χ1v) is 11.4. The molecule has 6 nitrogen and oxygen atoms in total. The molecule has 1 aliphatic rings. The lowest BCUT2D eigenvalue weighted by atomic mass is 10.1. The molecule has 1 amide bonds. The molecule has 1 aliphatic heterocycles. The Hall–Kier alpha value is -2.09. The molecule has 0 aliphatic carbocycles. The van der Waals surface area contributed by atoms with Crippen LogP contribution >= 0.6 is 11.6 Å². The zero-order valence-corrected chi connectivity index (χ0v) is 18.1. The van der Waals surface area contributed by atoms with Crippen molar-refractivity contribution in [1.82, 2.24) is 4.31 Å².